The summed E-state index contributed by atoms with van der Waals surface area (Å²) in [6.45, 7) is 0. The maximum absolute atomic E-state index is 13.9. The van der Waals surface area contributed by atoms with Gasteiger partial charge in [0.05, 0.1) is 30.7 Å². The minimum Gasteiger partial charge on any atom is -0.495 e. The molecule has 7 nitrogen and oxygen atoms in total. The summed E-state index contributed by atoms with van der Waals surface area (Å²) in [7, 11) is 1.52. The van der Waals surface area contributed by atoms with Gasteiger partial charge in [0.2, 0.25) is 17.7 Å². The van der Waals surface area contributed by atoms with Crippen molar-refractivity contribution >= 4 is 41.1 Å². The molecule has 2 aromatic carbocycles. The molecule has 1 aliphatic carbocycles. The summed E-state index contributed by atoms with van der Waals surface area (Å²) in [4.78, 5) is 45.1. The number of halogens is 1. The number of imide groups is 1. The molecular weight excluding hydrogens is 478 g/mol. The molecule has 0 bridgehead atoms. The molecule has 4 atom stereocenters. The van der Waals surface area contributed by atoms with Crippen LogP contribution in [0.15, 0.2) is 48.7 Å². The lowest BCUT2D eigenvalue weighted by atomic mass is 9.84. The SMILES string of the molecule is COc1ccc(Cl)cc1NC(=O)C1C2C(=O)N(C3CCCCC3)C(=O)C2C2c3ccccc3C=CN12. The maximum Gasteiger partial charge on any atom is 0.248 e. The number of amides is 3. The summed E-state index contributed by atoms with van der Waals surface area (Å²) < 4.78 is 5.41. The van der Waals surface area contributed by atoms with E-state index in [4.69, 9.17) is 16.3 Å². The van der Waals surface area contributed by atoms with Gasteiger partial charge in [-0.25, -0.2) is 0 Å². The zero-order valence-corrected chi connectivity index (χ0v) is 20.8. The van der Waals surface area contributed by atoms with Crippen LogP contribution < -0.4 is 10.1 Å². The van der Waals surface area contributed by atoms with Gasteiger partial charge >= 0.3 is 0 Å². The highest BCUT2D eigenvalue weighted by atomic mass is 35.5. The molecule has 186 valence electrons. The van der Waals surface area contributed by atoms with Crippen LogP contribution in [0.5, 0.6) is 5.75 Å². The molecule has 3 amide bonds. The fraction of sp³-hybridized carbons (Fsp3) is 0.393. The Kier molecular flexibility index (Phi) is 5.75. The van der Waals surface area contributed by atoms with Crippen molar-refractivity contribution < 1.29 is 19.1 Å². The summed E-state index contributed by atoms with van der Waals surface area (Å²) in [5.74, 6) is -1.63. The first-order valence-corrected chi connectivity index (χ1v) is 12.9. The van der Waals surface area contributed by atoms with E-state index in [1.54, 1.807) is 18.2 Å². The minimum absolute atomic E-state index is 0.0797. The molecule has 3 fully saturated rings. The Morgan fingerprint density at radius 1 is 1.03 bits per heavy atom. The summed E-state index contributed by atoms with van der Waals surface area (Å²) in [5, 5.41) is 3.39. The van der Waals surface area contributed by atoms with Gasteiger partial charge in [-0.1, -0.05) is 55.1 Å². The number of fused-ring (bicyclic) bond motifs is 5. The van der Waals surface area contributed by atoms with Crippen molar-refractivity contribution in [3.63, 3.8) is 0 Å². The van der Waals surface area contributed by atoms with E-state index in [0.717, 1.165) is 43.2 Å². The third-order valence-corrected chi connectivity index (χ3v) is 8.36. The van der Waals surface area contributed by atoms with Gasteiger partial charge in [0.15, 0.2) is 0 Å². The van der Waals surface area contributed by atoms with Gasteiger partial charge in [0, 0.05) is 17.3 Å². The van der Waals surface area contributed by atoms with Gasteiger partial charge in [0.25, 0.3) is 0 Å². The molecular formula is C28H28ClN3O4. The van der Waals surface area contributed by atoms with Crippen LogP contribution >= 0.6 is 11.6 Å². The fourth-order valence-corrected chi connectivity index (χ4v) is 6.74. The quantitative estimate of drug-likeness (QED) is 0.613. The zero-order chi connectivity index (χ0) is 25.0. The number of anilines is 1. The van der Waals surface area contributed by atoms with Gasteiger partial charge in [0.1, 0.15) is 11.8 Å². The number of carbonyl (C=O) groups is 3. The predicted octanol–water partition coefficient (Wildman–Crippen LogP) is 4.63. The lowest BCUT2D eigenvalue weighted by Gasteiger charge is -2.37. The van der Waals surface area contributed by atoms with Crippen LogP contribution in [-0.4, -0.2) is 46.7 Å². The van der Waals surface area contributed by atoms with Crippen LogP contribution in [0.25, 0.3) is 6.08 Å². The van der Waals surface area contributed by atoms with Gasteiger partial charge in [-0.05, 0) is 48.2 Å². The molecule has 6 rings (SSSR count). The van der Waals surface area contributed by atoms with Crippen LogP contribution in [-0.2, 0) is 14.4 Å². The predicted molar refractivity (Wildman–Crippen MR) is 136 cm³/mol. The average molecular weight is 506 g/mol. The number of methoxy groups -OCH3 is 1. The Labute approximate surface area is 215 Å². The number of hydrogen-bond acceptors (Lipinski definition) is 5. The highest BCUT2D eigenvalue weighted by molar-refractivity contribution is 6.31. The van der Waals surface area contributed by atoms with Crippen molar-refractivity contribution in [2.45, 2.75) is 50.2 Å². The van der Waals surface area contributed by atoms with Gasteiger partial charge in [-0.3, -0.25) is 19.3 Å². The standard InChI is InChI=1S/C28H28ClN3O4/c1-36-21-12-11-17(29)15-20(21)30-26(33)25-23-22(24-19-10-6-5-7-16(19)13-14-31(24)25)27(34)32(28(23)35)18-8-3-2-4-9-18/h5-7,10-15,18,22-25H,2-4,8-9H2,1H3,(H,30,33). The second-order valence-electron chi connectivity index (χ2n) is 10.0. The van der Waals surface area contributed by atoms with E-state index >= 15 is 0 Å². The monoisotopic (exact) mass is 505 g/mol. The van der Waals surface area contributed by atoms with E-state index in [0.29, 0.717) is 16.5 Å². The molecule has 2 saturated heterocycles. The summed E-state index contributed by atoms with van der Waals surface area (Å²) >= 11 is 6.19. The lowest BCUT2D eigenvalue weighted by molar-refractivity contribution is -0.146. The number of benzene rings is 2. The number of nitrogens with zero attached hydrogens (tertiary/aromatic N) is 2. The molecule has 36 heavy (non-hydrogen) atoms. The number of rotatable bonds is 4. The van der Waals surface area contributed by atoms with Crippen molar-refractivity contribution in [2.24, 2.45) is 11.8 Å². The summed E-state index contributed by atoms with van der Waals surface area (Å²) in [6.07, 6.45) is 8.61. The van der Waals surface area contributed by atoms with Crippen molar-refractivity contribution in [3.8, 4) is 5.75 Å². The van der Waals surface area contributed by atoms with Crippen molar-refractivity contribution in [1.82, 2.24) is 9.80 Å². The van der Waals surface area contributed by atoms with E-state index in [1.807, 2.05) is 41.4 Å². The summed E-state index contributed by atoms with van der Waals surface area (Å²) in [6, 6.07) is 11.6. The molecule has 4 aliphatic rings. The largest absolute Gasteiger partial charge is 0.495 e. The summed E-state index contributed by atoms with van der Waals surface area (Å²) in [5.41, 5.74) is 2.40. The average Bonchev–Trinajstić information content (AvgIpc) is 3.37. The molecule has 1 N–H and O–H groups in total. The van der Waals surface area contributed by atoms with Crippen molar-refractivity contribution in [3.05, 3.63) is 64.8 Å². The number of ether oxygens (including phenoxy) is 1. The van der Waals surface area contributed by atoms with Gasteiger partial charge in [-0.15, -0.1) is 0 Å². The lowest BCUT2D eigenvalue weighted by Crippen LogP contribution is -2.49. The zero-order valence-electron chi connectivity index (χ0n) is 20.0. The van der Waals surface area contributed by atoms with E-state index in [2.05, 4.69) is 5.32 Å². The number of likely N-dealkylation sites (tertiary alicyclic amines) is 1. The second-order valence-corrected chi connectivity index (χ2v) is 10.4. The fourth-order valence-electron chi connectivity index (χ4n) is 6.56. The smallest absolute Gasteiger partial charge is 0.248 e. The highest BCUT2D eigenvalue weighted by Gasteiger charge is 2.65. The Morgan fingerprint density at radius 2 is 1.78 bits per heavy atom. The Morgan fingerprint density at radius 3 is 2.56 bits per heavy atom. The molecule has 3 heterocycles. The van der Waals surface area contributed by atoms with E-state index in [-0.39, 0.29) is 29.8 Å². The van der Waals surface area contributed by atoms with Crippen LogP contribution in [0.1, 0.15) is 49.3 Å². The van der Waals surface area contributed by atoms with Crippen molar-refractivity contribution in [2.75, 3.05) is 12.4 Å². The van der Waals surface area contributed by atoms with Gasteiger partial charge < -0.3 is 15.0 Å². The number of carbonyl (C=O) groups excluding carboxylic acids is 3. The Hall–Kier alpha value is -3.32. The molecule has 4 unspecified atom stereocenters. The normalized spacial score (nSPS) is 27.1. The van der Waals surface area contributed by atoms with E-state index in [1.165, 1.54) is 12.0 Å². The van der Waals surface area contributed by atoms with Crippen molar-refractivity contribution in [1.29, 1.82) is 0 Å². The van der Waals surface area contributed by atoms with Gasteiger partial charge in [-0.2, -0.15) is 0 Å². The topological polar surface area (TPSA) is 79.0 Å². The molecule has 0 spiro atoms. The highest BCUT2D eigenvalue weighted by Crippen LogP contribution is 2.53. The van der Waals surface area contributed by atoms with Crippen LogP contribution in [0.3, 0.4) is 0 Å². The molecule has 3 aliphatic heterocycles. The van der Waals surface area contributed by atoms with E-state index in [9.17, 15) is 14.4 Å². The molecule has 2 aromatic rings. The third kappa shape index (κ3) is 3.52. The molecule has 1 saturated carbocycles. The Balaban J connectivity index is 1.41. The van der Waals surface area contributed by atoms with Crippen LogP contribution in [0.2, 0.25) is 5.02 Å². The molecule has 0 aromatic heterocycles. The van der Waals surface area contributed by atoms with Crippen LogP contribution in [0.4, 0.5) is 5.69 Å². The van der Waals surface area contributed by atoms with Crippen LogP contribution in [0, 0.1) is 11.8 Å². The minimum atomic E-state index is -0.835. The number of nitrogens with one attached hydrogen (secondary N) is 1. The first-order chi connectivity index (χ1) is 17.5. The maximum atomic E-state index is 13.9. The molecule has 0 radical (unpaired) electrons. The third-order valence-electron chi connectivity index (χ3n) is 8.12. The first-order valence-electron chi connectivity index (χ1n) is 12.6. The molecule has 8 heteroatoms. The van der Waals surface area contributed by atoms with E-state index < -0.39 is 17.9 Å². The second kappa shape index (κ2) is 8.96. The first kappa shape index (κ1) is 23.1. The Bertz CT molecular complexity index is 1270. The number of hydrogen-bond donors (Lipinski definition) is 1.